The topological polar surface area (TPSA) is 84.4 Å². The number of aromatic nitrogens is 2. The monoisotopic (exact) mass is 462 g/mol. The second-order valence-electron chi connectivity index (χ2n) is 11.1. The molecule has 2 saturated heterocycles. The average Bonchev–Trinajstić information content (AvgIpc) is 3.33. The fourth-order valence-electron chi connectivity index (χ4n) is 6.57. The van der Waals surface area contributed by atoms with Crippen molar-refractivity contribution < 1.29 is 13.2 Å². The highest BCUT2D eigenvalue weighted by atomic mass is 32.2. The third kappa shape index (κ3) is 4.68. The van der Waals surface area contributed by atoms with Crippen molar-refractivity contribution in [2.24, 2.45) is 11.8 Å². The molecule has 8 heteroatoms. The Morgan fingerprint density at radius 1 is 1.03 bits per heavy atom. The number of fused-ring (bicyclic) bond motifs is 1. The predicted octanol–water partition coefficient (Wildman–Crippen LogP) is 3.66. The third-order valence-electron chi connectivity index (χ3n) is 8.24. The molecule has 0 amide bonds. The standard InChI is InChI=1S/C24H38N4O3S/c1-24(2)14-20(10-11-31-24)28-15-17-12-19(13-18(17)16-28)25-22-8-9-23(27-26-22)32(29,30)21-6-4-3-5-7-21/h8-9,17-21H,3-7,10-16H2,1-2H3,(H,25,26)/t17-,18+,19?,20?. The normalized spacial score (nSPS) is 33.8. The largest absolute Gasteiger partial charge is 0.375 e. The van der Waals surface area contributed by atoms with E-state index in [1.807, 2.05) is 0 Å². The second-order valence-corrected chi connectivity index (χ2v) is 13.3. The number of sulfone groups is 1. The SMILES string of the molecule is CC1(C)CC(N2C[C@H]3CC(Nc4ccc(S(=O)(=O)C5CCCCC5)nn4)C[C@H]3C2)CCO1. The van der Waals surface area contributed by atoms with Gasteiger partial charge in [-0.05, 0) is 76.3 Å². The predicted molar refractivity (Wildman–Crippen MR) is 124 cm³/mol. The molecule has 178 valence electrons. The molecule has 4 aliphatic rings. The Labute approximate surface area is 192 Å². The van der Waals surface area contributed by atoms with Crippen LogP contribution in [0.4, 0.5) is 5.82 Å². The van der Waals surface area contributed by atoms with Gasteiger partial charge in [-0.3, -0.25) is 4.90 Å². The zero-order chi connectivity index (χ0) is 22.3. The van der Waals surface area contributed by atoms with E-state index in [-0.39, 0.29) is 15.9 Å². The lowest BCUT2D eigenvalue weighted by Gasteiger charge is -2.40. The van der Waals surface area contributed by atoms with Gasteiger partial charge in [0.25, 0.3) is 0 Å². The van der Waals surface area contributed by atoms with Gasteiger partial charge in [0.2, 0.25) is 0 Å². The summed E-state index contributed by atoms with van der Waals surface area (Å²) in [5.41, 5.74) is 0.00000502. The Hall–Kier alpha value is -1.25. The minimum atomic E-state index is -3.36. The summed E-state index contributed by atoms with van der Waals surface area (Å²) in [7, 11) is -3.36. The van der Waals surface area contributed by atoms with Crippen molar-refractivity contribution in [3.8, 4) is 0 Å². The first-order valence-corrected chi connectivity index (χ1v) is 14.1. The van der Waals surface area contributed by atoms with Crippen molar-refractivity contribution in [2.45, 2.75) is 99.6 Å². The molecule has 7 nitrogen and oxygen atoms in total. The van der Waals surface area contributed by atoms with Crippen molar-refractivity contribution in [3.63, 3.8) is 0 Å². The molecule has 4 atom stereocenters. The number of hydrogen-bond acceptors (Lipinski definition) is 7. The van der Waals surface area contributed by atoms with Crippen LogP contribution < -0.4 is 5.32 Å². The second kappa shape index (κ2) is 8.84. The lowest BCUT2D eigenvalue weighted by atomic mass is 9.93. The van der Waals surface area contributed by atoms with Crippen LogP contribution in [0.1, 0.15) is 71.6 Å². The number of hydrogen-bond donors (Lipinski definition) is 1. The minimum absolute atomic E-state index is 0.00000502. The Bertz CT molecular complexity index is 884. The Morgan fingerprint density at radius 3 is 2.38 bits per heavy atom. The first-order chi connectivity index (χ1) is 15.3. The lowest BCUT2D eigenvalue weighted by molar-refractivity contribution is -0.0811. The molecule has 0 radical (unpaired) electrons. The van der Waals surface area contributed by atoms with E-state index in [1.54, 1.807) is 12.1 Å². The van der Waals surface area contributed by atoms with Crippen molar-refractivity contribution in [1.29, 1.82) is 0 Å². The first-order valence-electron chi connectivity index (χ1n) is 12.5. The molecule has 0 bridgehead atoms. The summed E-state index contributed by atoms with van der Waals surface area (Å²) in [6, 6.07) is 4.49. The molecule has 2 saturated carbocycles. The summed E-state index contributed by atoms with van der Waals surface area (Å²) >= 11 is 0. The van der Waals surface area contributed by atoms with Crippen LogP contribution in [0.25, 0.3) is 0 Å². The van der Waals surface area contributed by atoms with Crippen LogP contribution in [0.3, 0.4) is 0 Å². The molecule has 2 aliphatic carbocycles. The van der Waals surface area contributed by atoms with Gasteiger partial charge in [-0.1, -0.05) is 19.3 Å². The van der Waals surface area contributed by atoms with Crippen LogP contribution in [0, 0.1) is 11.8 Å². The van der Waals surface area contributed by atoms with Crippen LogP contribution in [-0.4, -0.2) is 66.1 Å². The third-order valence-corrected chi connectivity index (χ3v) is 10.4. The van der Waals surface area contributed by atoms with E-state index >= 15 is 0 Å². The van der Waals surface area contributed by atoms with Crippen LogP contribution in [0.2, 0.25) is 0 Å². The lowest BCUT2D eigenvalue weighted by Crippen LogP contribution is -2.45. The molecule has 32 heavy (non-hydrogen) atoms. The molecule has 1 aromatic heterocycles. The zero-order valence-corrected chi connectivity index (χ0v) is 20.3. The maximum Gasteiger partial charge on any atom is 0.200 e. The van der Waals surface area contributed by atoms with Gasteiger partial charge < -0.3 is 10.1 Å². The molecule has 0 aromatic carbocycles. The molecule has 2 aliphatic heterocycles. The van der Waals surface area contributed by atoms with E-state index in [2.05, 4.69) is 34.3 Å². The molecule has 3 heterocycles. The van der Waals surface area contributed by atoms with Crippen LogP contribution >= 0.6 is 0 Å². The van der Waals surface area contributed by atoms with Gasteiger partial charge in [-0.2, -0.15) is 0 Å². The highest BCUT2D eigenvalue weighted by Gasteiger charge is 2.44. The van der Waals surface area contributed by atoms with Gasteiger partial charge in [0, 0.05) is 31.8 Å². The van der Waals surface area contributed by atoms with Gasteiger partial charge in [-0.25, -0.2) is 8.42 Å². The summed E-state index contributed by atoms with van der Waals surface area (Å²) < 4.78 is 31.6. The molecule has 0 spiro atoms. The van der Waals surface area contributed by atoms with Gasteiger partial charge in [-0.15, -0.1) is 10.2 Å². The fraction of sp³-hybridized carbons (Fsp3) is 0.833. The summed E-state index contributed by atoms with van der Waals surface area (Å²) in [4.78, 5) is 2.71. The van der Waals surface area contributed by atoms with Crippen LogP contribution in [0.5, 0.6) is 0 Å². The Morgan fingerprint density at radius 2 is 1.75 bits per heavy atom. The highest BCUT2D eigenvalue weighted by Crippen LogP contribution is 2.41. The van der Waals surface area contributed by atoms with Gasteiger partial charge >= 0.3 is 0 Å². The Kier molecular flexibility index (Phi) is 6.22. The van der Waals surface area contributed by atoms with E-state index in [0.29, 0.717) is 17.9 Å². The van der Waals surface area contributed by atoms with E-state index in [9.17, 15) is 8.42 Å². The summed E-state index contributed by atoms with van der Waals surface area (Å²) in [6.45, 7) is 7.67. The molecular formula is C24H38N4O3S. The molecule has 1 N–H and O–H groups in total. The first kappa shape index (κ1) is 22.5. The summed E-state index contributed by atoms with van der Waals surface area (Å²) in [5, 5.41) is 11.7. The Balaban J connectivity index is 1.14. The molecule has 1 aromatic rings. The average molecular weight is 463 g/mol. The van der Waals surface area contributed by atoms with Crippen molar-refractivity contribution in [2.75, 3.05) is 25.0 Å². The van der Waals surface area contributed by atoms with Crippen LogP contribution in [0.15, 0.2) is 17.2 Å². The molecular weight excluding hydrogens is 424 g/mol. The van der Waals surface area contributed by atoms with E-state index in [4.69, 9.17) is 4.74 Å². The maximum absolute atomic E-state index is 12.8. The van der Waals surface area contributed by atoms with Gasteiger partial charge in [0.1, 0.15) is 5.82 Å². The van der Waals surface area contributed by atoms with Gasteiger partial charge in [0.15, 0.2) is 14.9 Å². The van der Waals surface area contributed by atoms with Crippen molar-refractivity contribution >= 4 is 15.7 Å². The summed E-state index contributed by atoms with van der Waals surface area (Å²) in [5.74, 6) is 2.16. The zero-order valence-electron chi connectivity index (χ0n) is 19.5. The fourth-order valence-corrected chi connectivity index (χ4v) is 8.28. The number of ether oxygens (including phenoxy) is 1. The van der Waals surface area contributed by atoms with E-state index in [1.165, 1.54) is 13.1 Å². The molecule has 2 unspecified atom stereocenters. The van der Waals surface area contributed by atoms with Crippen LogP contribution in [-0.2, 0) is 14.6 Å². The number of anilines is 1. The number of rotatable bonds is 5. The number of likely N-dealkylation sites (tertiary alicyclic amines) is 1. The van der Waals surface area contributed by atoms with Crippen molar-refractivity contribution in [3.05, 3.63) is 12.1 Å². The van der Waals surface area contributed by atoms with Crippen molar-refractivity contribution in [1.82, 2.24) is 15.1 Å². The number of nitrogens with one attached hydrogen (secondary N) is 1. The summed E-state index contributed by atoms with van der Waals surface area (Å²) in [6.07, 6.45) is 9.18. The smallest absolute Gasteiger partial charge is 0.200 e. The quantitative estimate of drug-likeness (QED) is 0.715. The van der Waals surface area contributed by atoms with E-state index in [0.717, 1.165) is 76.2 Å². The molecule has 5 rings (SSSR count). The molecule has 4 fully saturated rings. The van der Waals surface area contributed by atoms with E-state index < -0.39 is 9.84 Å². The number of nitrogens with zero attached hydrogens (tertiary/aromatic N) is 3. The highest BCUT2D eigenvalue weighted by molar-refractivity contribution is 7.92. The maximum atomic E-state index is 12.8. The van der Waals surface area contributed by atoms with Gasteiger partial charge in [0.05, 0.1) is 10.9 Å². The minimum Gasteiger partial charge on any atom is -0.375 e.